The second kappa shape index (κ2) is 4.70. The summed E-state index contributed by atoms with van der Waals surface area (Å²) in [6.45, 7) is 4.99. The predicted octanol–water partition coefficient (Wildman–Crippen LogP) is -0.216. The number of hydrogen-bond donors (Lipinski definition) is 1. The highest BCUT2D eigenvalue weighted by Gasteiger charge is 2.12. The van der Waals surface area contributed by atoms with Crippen LogP contribution >= 0.6 is 0 Å². The molecule has 0 saturated carbocycles. The minimum Gasteiger partial charge on any atom is -0.380 e. The lowest BCUT2D eigenvalue weighted by molar-refractivity contribution is 0.113. The summed E-state index contributed by atoms with van der Waals surface area (Å²) in [6, 6.07) is 0. The molecule has 1 saturated heterocycles. The van der Waals surface area contributed by atoms with Gasteiger partial charge in [0, 0.05) is 25.6 Å². The van der Waals surface area contributed by atoms with Gasteiger partial charge in [0.1, 0.15) is 0 Å². The monoisotopic (exact) mass is 158 g/mol. The van der Waals surface area contributed by atoms with E-state index in [9.17, 15) is 0 Å². The van der Waals surface area contributed by atoms with Crippen molar-refractivity contribution in [2.75, 3.05) is 46.9 Å². The van der Waals surface area contributed by atoms with Crippen LogP contribution in [0, 0.1) is 5.92 Å². The molecule has 1 unspecified atom stereocenters. The van der Waals surface area contributed by atoms with E-state index in [2.05, 4.69) is 24.3 Å². The van der Waals surface area contributed by atoms with Gasteiger partial charge in [-0.1, -0.05) is 0 Å². The Morgan fingerprint density at radius 1 is 1.55 bits per heavy atom. The first kappa shape index (κ1) is 8.97. The molecule has 1 heterocycles. The Morgan fingerprint density at radius 2 is 2.36 bits per heavy atom. The third kappa shape index (κ3) is 3.70. The van der Waals surface area contributed by atoms with Gasteiger partial charge in [0.15, 0.2) is 0 Å². The highest BCUT2D eigenvalue weighted by molar-refractivity contribution is 4.67. The van der Waals surface area contributed by atoms with E-state index in [1.807, 2.05) is 0 Å². The van der Waals surface area contributed by atoms with Gasteiger partial charge >= 0.3 is 0 Å². The first-order valence-electron chi connectivity index (χ1n) is 4.22. The molecule has 0 aromatic carbocycles. The smallest absolute Gasteiger partial charge is 0.0591 e. The molecule has 0 radical (unpaired) electrons. The SMILES string of the molecule is CN(C)CC1CNCCOC1. The molecule has 3 heteroatoms. The van der Waals surface area contributed by atoms with Crippen LogP contribution in [0.5, 0.6) is 0 Å². The number of hydrogen-bond acceptors (Lipinski definition) is 3. The van der Waals surface area contributed by atoms with Crippen LogP contribution in [0.2, 0.25) is 0 Å². The van der Waals surface area contributed by atoms with Gasteiger partial charge in [-0.05, 0) is 14.1 Å². The van der Waals surface area contributed by atoms with E-state index in [1.54, 1.807) is 0 Å². The van der Waals surface area contributed by atoms with Crippen molar-refractivity contribution in [2.45, 2.75) is 0 Å². The summed E-state index contributed by atoms with van der Waals surface area (Å²) in [6.07, 6.45) is 0. The van der Waals surface area contributed by atoms with Gasteiger partial charge in [-0.25, -0.2) is 0 Å². The van der Waals surface area contributed by atoms with Crippen molar-refractivity contribution in [3.05, 3.63) is 0 Å². The molecule has 0 aromatic rings. The standard InChI is InChI=1S/C8H18N2O/c1-10(2)6-8-5-9-3-4-11-7-8/h8-9H,3-7H2,1-2H3. The van der Waals surface area contributed by atoms with E-state index in [1.165, 1.54) is 0 Å². The Kier molecular flexibility index (Phi) is 3.83. The lowest BCUT2D eigenvalue weighted by Gasteiger charge is -2.18. The Labute approximate surface area is 68.7 Å². The zero-order valence-electron chi connectivity index (χ0n) is 7.47. The van der Waals surface area contributed by atoms with Crippen molar-refractivity contribution in [3.63, 3.8) is 0 Å². The van der Waals surface area contributed by atoms with Crippen molar-refractivity contribution in [2.24, 2.45) is 5.92 Å². The summed E-state index contributed by atoms with van der Waals surface area (Å²) in [7, 11) is 4.20. The van der Waals surface area contributed by atoms with Gasteiger partial charge in [-0.15, -0.1) is 0 Å². The maximum atomic E-state index is 5.42. The Morgan fingerprint density at radius 3 is 3.09 bits per heavy atom. The van der Waals surface area contributed by atoms with E-state index in [4.69, 9.17) is 4.74 Å². The fourth-order valence-electron chi connectivity index (χ4n) is 1.39. The predicted molar refractivity (Wildman–Crippen MR) is 45.7 cm³/mol. The largest absolute Gasteiger partial charge is 0.380 e. The highest BCUT2D eigenvalue weighted by Crippen LogP contribution is 2.00. The fourth-order valence-corrected chi connectivity index (χ4v) is 1.39. The molecule has 1 atom stereocenters. The molecular weight excluding hydrogens is 140 g/mol. The molecule has 1 aliphatic rings. The molecule has 1 rings (SSSR count). The Bertz CT molecular complexity index is 98.3. The topological polar surface area (TPSA) is 24.5 Å². The van der Waals surface area contributed by atoms with Gasteiger partial charge in [0.25, 0.3) is 0 Å². The van der Waals surface area contributed by atoms with Crippen molar-refractivity contribution in [1.29, 1.82) is 0 Å². The van der Waals surface area contributed by atoms with Gasteiger partial charge in [0.2, 0.25) is 0 Å². The number of nitrogens with one attached hydrogen (secondary N) is 1. The van der Waals surface area contributed by atoms with Gasteiger partial charge in [-0.2, -0.15) is 0 Å². The second-order valence-electron chi connectivity index (χ2n) is 3.41. The molecule has 1 fully saturated rings. The summed E-state index contributed by atoms with van der Waals surface area (Å²) in [5.74, 6) is 0.660. The molecule has 0 bridgehead atoms. The molecule has 0 aromatic heterocycles. The number of nitrogens with zero attached hydrogens (tertiary/aromatic N) is 1. The maximum absolute atomic E-state index is 5.42. The highest BCUT2D eigenvalue weighted by atomic mass is 16.5. The van der Waals surface area contributed by atoms with Crippen molar-refractivity contribution in [3.8, 4) is 0 Å². The summed E-state index contributed by atoms with van der Waals surface area (Å²) in [4.78, 5) is 2.21. The summed E-state index contributed by atoms with van der Waals surface area (Å²) < 4.78 is 5.42. The first-order valence-corrected chi connectivity index (χ1v) is 4.22. The average Bonchev–Trinajstić information content (AvgIpc) is 2.14. The van der Waals surface area contributed by atoms with Gasteiger partial charge < -0.3 is 15.0 Å². The molecule has 0 spiro atoms. The minimum absolute atomic E-state index is 0.660. The maximum Gasteiger partial charge on any atom is 0.0591 e. The number of rotatable bonds is 2. The fraction of sp³-hybridized carbons (Fsp3) is 1.00. The van der Waals surface area contributed by atoms with Crippen LogP contribution in [-0.2, 0) is 4.74 Å². The molecule has 0 amide bonds. The molecular formula is C8H18N2O. The van der Waals surface area contributed by atoms with Crippen LogP contribution in [0.4, 0.5) is 0 Å². The molecule has 11 heavy (non-hydrogen) atoms. The molecule has 3 nitrogen and oxygen atoms in total. The van der Waals surface area contributed by atoms with Gasteiger partial charge in [0.05, 0.1) is 13.2 Å². The van der Waals surface area contributed by atoms with Crippen LogP contribution < -0.4 is 5.32 Å². The number of ether oxygens (including phenoxy) is 1. The van der Waals surface area contributed by atoms with Crippen LogP contribution in [0.1, 0.15) is 0 Å². The Hall–Kier alpha value is -0.120. The van der Waals surface area contributed by atoms with Crippen molar-refractivity contribution < 1.29 is 4.74 Å². The van der Waals surface area contributed by atoms with E-state index >= 15 is 0 Å². The molecule has 0 aliphatic carbocycles. The van der Waals surface area contributed by atoms with Crippen molar-refractivity contribution >= 4 is 0 Å². The summed E-state index contributed by atoms with van der Waals surface area (Å²) in [5, 5.41) is 3.35. The zero-order valence-corrected chi connectivity index (χ0v) is 7.47. The normalized spacial score (nSPS) is 27.0. The third-order valence-corrected chi connectivity index (χ3v) is 1.83. The second-order valence-corrected chi connectivity index (χ2v) is 3.41. The third-order valence-electron chi connectivity index (χ3n) is 1.83. The van der Waals surface area contributed by atoms with E-state index in [0.717, 1.165) is 32.8 Å². The zero-order chi connectivity index (χ0) is 8.10. The van der Waals surface area contributed by atoms with Crippen LogP contribution in [0.25, 0.3) is 0 Å². The van der Waals surface area contributed by atoms with E-state index in [0.29, 0.717) is 5.92 Å². The molecule has 1 N–H and O–H groups in total. The first-order chi connectivity index (χ1) is 5.29. The van der Waals surface area contributed by atoms with E-state index in [-0.39, 0.29) is 0 Å². The lowest BCUT2D eigenvalue weighted by Crippen LogP contribution is -2.31. The van der Waals surface area contributed by atoms with Crippen LogP contribution in [0.3, 0.4) is 0 Å². The summed E-state index contributed by atoms with van der Waals surface area (Å²) >= 11 is 0. The van der Waals surface area contributed by atoms with E-state index < -0.39 is 0 Å². The van der Waals surface area contributed by atoms with Crippen LogP contribution in [-0.4, -0.2) is 51.8 Å². The summed E-state index contributed by atoms with van der Waals surface area (Å²) in [5.41, 5.74) is 0. The van der Waals surface area contributed by atoms with Crippen molar-refractivity contribution in [1.82, 2.24) is 10.2 Å². The minimum atomic E-state index is 0.660. The average molecular weight is 158 g/mol. The molecule has 1 aliphatic heterocycles. The van der Waals surface area contributed by atoms with Crippen LogP contribution in [0.15, 0.2) is 0 Å². The molecule has 66 valence electrons. The quantitative estimate of drug-likeness (QED) is 0.601. The lowest BCUT2D eigenvalue weighted by atomic mass is 10.1. The Balaban J connectivity index is 2.20. The van der Waals surface area contributed by atoms with Gasteiger partial charge in [-0.3, -0.25) is 0 Å².